The third kappa shape index (κ3) is 4.62. The van der Waals surface area contributed by atoms with Gasteiger partial charge in [0.05, 0.1) is 17.6 Å². The molecule has 1 aliphatic carbocycles. The second kappa shape index (κ2) is 8.45. The highest BCUT2D eigenvalue weighted by Gasteiger charge is 2.32. The quantitative estimate of drug-likeness (QED) is 0.749. The van der Waals surface area contributed by atoms with E-state index in [9.17, 15) is 9.59 Å². The Hall–Kier alpha value is -2.18. The van der Waals surface area contributed by atoms with E-state index in [4.69, 9.17) is 4.74 Å². The fraction of sp³-hybridized carbons (Fsp3) is 0.455. The molecule has 2 aromatic rings. The summed E-state index contributed by atoms with van der Waals surface area (Å²) in [5.74, 6) is 0.709. The molecular weight excluding hydrogens is 372 g/mol. The van der Waals surface area contributed by atoms with Gasteiger partial charge in [-0.25, -0.2) is 0 Å². The Morgan fingerprint density at radius 3 is 2.64 bits per heavy atom. The molecule has 1 aromatic heterocycles. The van der Waals surface area contributed by atoms with Gasteiger partial charge in [0.15, 0.2) is 0 Å². The van der Waals surface area contributed by atoms with E-state index in [1.54, 1.807) is 0 Å². The largest absolute Gasteiger partial charge is 0.373 e. The number of aryl methyl sites for hydroxylation is 1. The molecule has 28 heavy (non-hydrogen) atoms. The number of carbonyl (C=O) groups is 2. The maximum absolute atomic E-state index is 13.1. The summed E-state index contributed by atoms with van der Waals surface area (Å²) in [6.45, 7) is 4.95. The van der Waals surface area contributed by atoms with Gasteiger partial charge in [-0.2, -0.15) is 0 Å². The van der Waals surface area contributed by atoms with Crippen molar-refractivity contribution in [2.45, 2.75) is 25.9 Å². The Kier molecular flexibility index (Phi) is 5.78. The highest BCUT2D eigenvalue weighted by Crippen LogP contribution is 2.30. The molecule has 0 N–H and O–H groups in total. The summed E-state index contributed by atoms with van der Waals surface area (Å²) in [5, 5.41) is 1.92. The van der Waals surface area contributed by atoms with Crippen LogP contribution in [0.3, 0.4) is 0 Å². The predicted molar refractivity (Wildman–Crippen MR) is 110 cm³/mol. The number of nitrogens with zero attached hydrogens (tertiary/aromatic N) is 2. The van der Waals surface area contributed by atoms with Crippen LogP contribution in [-0.4, -0.2) is 60.5 Å². The lowest BCUT2D eigenvalue weighted by Gasteiger charge is -2.35. The van der Waals surface area contributed by atoms with E-state index in [2.05, 4.69) is 0 Å². The van der Waals surface area contributed by atoms with Crippen molar-refractivity contribution in [1.82, 2.24) is 9.80 Å². The average molecular weight is 399 g/mol. The molecule has 2 aliphatic rings. The van der Waals surface area contributed by atoms with Crippen LogP contribution in [0.2, 0.25) is 0 Å². The maximum atomic E-state index is 13.1. The first kappa shape index (κ1) is 19.2. The minimum absolute atomic E-state index is 0.0530. The molecule has 148 valence electrons. The summed E-state index contributed by atoms with van der Waals surface area (Å²) >= 11 is 1.46. The van der Waals surface area contributed by atoms with Crippen LogP contribution in [0.4, 0.5) is 0 Å². The lowest BCUT2D eigenvalue weighted by atomic mass is 10.1. The zero-order valence-electron chi connectivity index (χ0n) is 16.2. The highest BCUT2D eigenvalue weighted by molar-refractivity contribution is 7.12. The fourth-order valence-corrected chi connectivity index (χ4v) is 4.24. The van der Waals surface area contributed by atoms with Crippen LogP contribution in [0.15, 0.2) is 41.8 Å². The number of ether oxygens (including phenoxy) is 1. The normalized spacial score (nSPS) is 19.5. The van der Waals surface area contributed by atoms with Crippen LogP contribution in [0.5, 0.6) is 0 Å². The number of amides is 2. The molecule has 2 heterocycles. The molecule has 1 aliphatic heterocycles. The molecule has 5 nitrogen and oxygen atoms in total. The van der Waals surface area contributed by atoms with Crippen molar-refractivity contribution >= 4 is 23.2 Å². The van der Waals surface area contributed by atoms with Crippen molar-refractivity contribution in [3.05, 3.63) is 57.8 Å². The van der Waals surface area contributed by atoms with Crippen molar-refractivity contribution in [2.24, 2.45) is 5.92 Å². The highest BCUT2D eigenvalue weighted by atomic mass is 32.1. The summed E-state index contributed by atoms with van der Waals surface area (Å²) in [5.41, 5.74) is 1.86. The second-order valence-corrected chi connectivity index (χ2v) is 8.69. The van der Waals surface area contributed by atoms with Crippen molar-refractivity contribution in [2.75, 3.05) is 32.8 Å². The minimum atomic E-state index is -0.147. The summed E-state index contributed by atoms with van der Waals surface area (Å²) in [6, 6.07) is 11.5. The van der Waals surface area contributed by atoms with E-state index >= 15 is 0 Å². The maximum Gasteiger partial charge on any atom is 0.264 e. The van der Waals surface area contributed by atoms with Crippen LogP contribution in [-0.2, 0) is 4.74 Å². The molecule has 2 amide bonds. The Bertz CT molecular complexity index is 815. The zero-order chi connectivity index (χ0) is 19.5. The van der Waals surface area contributed by atoms with Gasteiger partial charge in [0.25, 0.3) is 11.8 Å². The molecule has 0 spiro atoms. The van der Waals surface area contributed by atoms with Crippen LogP contribution < -0.4 is 0 Å². The van der Waals surface area contributed by atoms with Gasteiger partial charge in [-0.05, 0) is 49.3 Å². The van der Waals surface area contributed by atoms with E-state index in [-0.39, 0.29) is 17.9 Å². The Morgan fingerprint density at radius 1 is 1.18 bits per heavy atom. The Labute approximate surface area is 169 Å². The van der Waals surface area contributed by atoms with Gasteiger partial charge >= 0.3 is 0 Å². The monoisotopic (exact) mass is 398 g/mol. The molecule has 1 unspecified atom stereocenters. The van der Waals surface area contributed by atoms with E-state index in [1.807, 2.05) is 58.5 Å². The van der Waals surface area contributed by atoms with Gasteiger partial charge in [0.1, 0.15) is 0 Å². The lowest BCUT2D eigenvalue weighted by molar-refractivity contribution is -0.0333. The third-order valence-electron chi connectivity index (χ3n) is 5.34. The first-order valence-electron chi connectivity index (χ1n) is 9.90. The molecule has 1 atom stereocenters. The van der Waals surface area contributed by atoms with Crippen LogP contribution in [0, 0.1) is 12.8 Å². The molecule has 4 rings (SSSR count). The summed E-state index contributed by atoms with van der Waals surface area (Å²) in [7, 11) is 0. The molecule has 6 heteroatoms. The van der Waals surface area contributed by atoms with Gasteiger partial charge in [0, 0.05) is 31.7 Å². The summed E-state index contributed by atoms with van der Waals surface area (Å²) in [6.07, 6.45) is 2.23. The average Bonchev–Trinajstić information content (AvgIpc) is 3.36. The fourth-order valence-electron chi connectivity index (χ4n) is 3.55. The predicted octanol–water partition coefficient (Wildman–Crippen LogP) is 3.45. The first-order valence-corrected chi connectivity index (χ1v) is 10.8. The molecule has 1 saturated heterocycles. The van der Waals surface area contributed by atoms with E-state index < -0.39 is 0 Å². The van der Waals surface area contributed by atoms with Gasteiger partial charge in [-0.1, -0.05) is 23.8 Å². The van der Waals surface area contributed by atoms with Gasteiger partial charge in [-0.15, -0.1) is 11.3 Å². The molecule has 0 radical (unpaired) electrons. The SMILES string of the molecule is Cc1ccc(C(=O)N(CC2CC2)CC2CN(C(=O)c3cccs3)CCO2)cc1. The van der Waals surface area contributed by atoms with E-state index in [0.29, 0.717) is 37.7 Å². The summed E-state index contributed by atoms with van der Waals surface area (Å²) in [4.78, 5) is 30.3. The van der Waals surface area contributed by atoms with E-state index in [1.165, 1.54) is 24.2 Å². The molecule has 1 saturated carbocycles. The Balaban J connectivity index is 1.43. The Morgan fingerprint density at radius 2 is 1.96 bits per heavy atom. The van der Waals surface area contributed by atoms with Crippen molar-refractivity contribution in [3.8, 4) is 0 Å². The number of rotatable bonds is 6. The smallest absolute Gasteiger partial charge is 0.264 e. The minimum Gasteiger partial charge on any atom is -0.373 e. The number of hydrogen-bond acceptors (Lipinski definition) is 4. The second-order valence-electron chi connectivity index (χ2n) is 7.74. The van der Waals surface area contributed by atoms with Crippen LogP contribution in [0.1, 0.15) is 38.4 Å². The van der Waals surface area contributed by atoms with Gasteiger partial charge in [0.2, 0.25) is 0 Å². The molecule has 2 fully saturated rings. The zero-order valence-corrected chi connectivity index (χ0v) is 17.0. The van der Waals surface area contributed by atoms with Gasteiger partial charge in [-0.3, -0.25) is 9.59 Å². The molecular formula is C22H26N2O3S. The van der Waals surface area contributed by atoms with Crippen molar-refractivity contribution < 1.29 is 14.3 Å². The van der Waals surface area contributed by atoms with Crippen molar-refractivity contribution in [3.63, 3.8) is 0 Å². The topological polar surface area (TPSA) is 49.9 Å². The first-order chi connectivity index (χ1) is 13.6. The molecule has 1 aromatic carbocycles. The van der Waals surface area contributed by atoms with Crippen molar-refractivity contribution in [1.29, 1.82) is 0 Å². The summed E-state index contributed by atoms with van der Waals surface area (Å²) < 4.78 is 5.93. The van der Waals surface area contributed by atoms with E-state index in [0.717, 1.165) is 17.0 Å². The van der Waals surface area contributed by atoms with Gasteiger partial charge < -0.3 is 14.5 Å². The number of hydrogen-bond donors (Lipinski definition) is 0. The number of benzene rings is 1. The molecule has 0 bridgehead atoms. The standard InChI is InChI=1S/C22H26N2O3S/c1-16-4-8-18(9-5-16)21(25)24(13-17-6-7-17)15-19-14-23(10-11-27-19)22(26)20-3-2-12-28-20/h2-5,8-9,12,17,19H,6-7,10-11,13-15H2,1H3. The number of carbonyl (C=O) groups excluding carboxylic acids is 2. The number of thiophene rings is 1. The van der Waals surface area contributed by atoms with Crippen LogP contribution >= 0.6 is 11.3 Å². The lowest BCUT2D eigenvalue weighted by Crippen LogP contribution is -2.50. The van der Waals surface area contributed by atoms with Crippen LogP contribution in [0.25, 0.3) is 0 Å². The number of morpholine rings is 1. The third-order valence-corrected chi connectivity index (χ3v) is 6.20.